The first-order valence-electron chi connectivity index (χ1n) is 9.91. The Morgan fingerprint density at radius 1 is 1.18 bits per heavy atom. The van der Waals surface area contributed by atoms with Gasteiger partial charge in [-0.05, 0) is 12.5 Å². The zero-order valence-electron chi connectivity index (χ0n) is 17.9. The highest BCUT2D eigenvalue weighted by atomic mass is 32.1. The largest absolute Gasteiger partial charge is 0.507 e. The number of carbonyl (C=O) groups is 3. The van der Waals surface area contributed by atoms with Crippen molar-refractivity contribution in [1.29, 1.82) is 0 Å². The lowest BCUT2D eigenvalue weighted by atomic mass is 9.95. The fraction of sp³-hybridized carbons (Fsp3) is 0.130. The molecule has 2 aromatic carbocycles. The first-order chi connectivity index (χ1) is 16.2. The maximum atomic E-state index is 13.2. The van der Waals surface area contributed by atoms with Crippen LogP contribution < -0.4 is 4.90 Å². The number of ketones is 1. The minimum atomic E-state index is -1.21. The van der Waals surface area contributed by atoms with Gasteiger partial charge in [-0.2, -0.15) is 0 Å². The van der Waals surface area contributed by atoms with Gasteiger partial charge in [0.1, 0.15) is 10.6 Å². The number of nitrogens with zero attached hydrogens (tertiary/aromatic N) is 3. The minimum absolute atomic E-state index is 0.0172. The number of thiazole rings is 1. The lowest BCUT2D eigenvalue weighted by molar-refractivity contribution is -0.384. The molecule has 1 fully saturated rings. The van der Waals surface area contributed by atoms with Gasteiger partial charge in [0.25, 0.3) is 11.5 Å². The molecular weight excluding hydrogens is 462 g/mol. The first kappa shape index (κ1) is 22.8. The highest BCUT2D eigenvalue weighted by Crippen LogP contribution is 2.44. The number of nitro groups is 1. The molecule has 4 rings (SSSR count). The number of amides is 1. The third kappa shape index (κ3) is 3.82. The van der Waals surface area contributed by atoms with Crippen molar-refractivity contribution in [3.63, 3.8) is 0 Å². The summed E-state index contributed by atoms with van der Waals surface area (Å²) in [5.74, 6) is -3.06. The molecule has 0 radical (unpaired) electrons. The number of rotatable bonds is 5. The number of methoxy groups -OCH3 is 1. The van der Waals surface area contributed by atoms with Crippen LogP contribution in [0.2, 0.25) is 0 Å². The van der Waals surface area contributed by atoms with Crippen LogP contribution in [0.3, 0.4) is 0 Å². The SMILES string of the molecule is COC(=O)c1sc(N2C(=O)C(=O)C(=C(O)c3ccccc3)C2c2cccc([N+](=O)[O-])c2)nc1C. The number of ether oxygens (including phenoxy) is 1. The van der Waals surface area contributed by atoms with Crippen molar-refractivity contribution >= 4 is 45.6 Å². The van der Waals surface area contributed by atoms with E-state index in [1.165, 1.54) is 31.4 Å². The van der Waals surface area contributed by atoms with Gasteiger partial charge in [-0.25, -0.2) is 9.78 Å². The first-order valence-corrected chi connectivity index (χ1v) is 10.7. The molecular formula is C23H17N3O7S. The van der Waals surface area contributed by atoms with Gasteiger partial charge in [0.15, 0.2) is 5.13 Å². The second-order valence-electron chi connectivity index (χ2n) is 7.29. The number of anilines is 1. The van der Waals surface area contributed by atoms with Crippen LogP contribution in [-0.2, 0) is 14.3 Å². The molecule has 34 heavy (non-hydrogen) atoms. The molecule has 0 spiro atoms. The monoisotopic (exact) mass is 479 g/mol. The van der Waals surface area contributed by atoms with E-state index in [2.05, 4.69) is 4.98 Å². The lowest BCUT2D eigenvalue weighted by Gasteiger charge is -2.22. The topological polar surface area (TPSA) is 140 Å². The number of aryl methyl sites for hydroxylation is 1. The van der Waals surface area contributed by atoms with Crippen LogP contribution in [0.5, 0.6) is 0 Å². The average molecular weight is 479 g/mol. The van der Waals surface area contributed by atoms with Crippen molar-refractivity contribution in [2.45, 2.75) is 13.0 Å². The van der Waals surface area contributed by atoms with Gasteiger partial charge in [-0.3, -0.25) is 24.6 Å². The quantitative estimate of drug-likeness (QED) is 0.146. The summed E-state index contributed by atoms with van der Waals surface area (Å²) < 4.78 is 4.75. The van der Waals surface area contributed by atoms with Crippen molar-refractivity contribution in [1.82, 2.24) is 4.98 Å². The van der Waals surface area contributed by atoms with Crippen molar-refractivity contribution < 1.29 is 29.2 Å². The van der Waals surface area contributed by atoms with E-state index in [0.29, 0.717) is 5.56 Å². The van der Waals surface area contributed by atoms with Crippen LogP contribution in [0.25, 0.3) is 5.76 Å². The standard InChI is InChI=1S/C23H17N3O7S/c1-12-20(22(30)33-2)34-23(24-12)25-17(14-9-6-10-15(11-14)26(31)32)16(19(28)21(25)29)18(27)13-7-4-3-5-8-13/h3-11,17,27H,1-2H3. The highest BCUT2D eigenvalue weighted by Gasteiger charge is 2.48. The number of Topliss-reactive ketones (excluding diaryl/α,β-unsaturated/α-hetero) is 1. The fourth-order valence-electron chi connectivity index (χ4n) is 3.67. The Morgan fingerprint density at radius 2 is 1.88 bits per heavy atom. The Morgan fingerprint density at radius 3 is 2.53 bits per heavy atom. The number of non-ortho nitro benzene ring substituents is 1. The van der Waals surface area contributed by atoms with E-state index in [4.69, 9.17) is 4.74 Å². The van der Waals surface area contributed by atoms with E-state index in [-0.39, 0.29) is 32.5 Å². The van der Waals surface area contributed by atoms with Crippen LogP contribution in [0.15, 0.2) is 60.2 Å². The van der Waals surface area contributed by atoms with Gasteiger partial charge in [0.05, 0.1) is 29.3 Å². The molecule has 1 saturated heterocycles. The van der Waals surface area contributed by atoms with Gasteiger partial charge in [-0.15, -0.1) is 0 Å². The molecule has 10 nitrogen and oxygen atoms in total. The van der Waals surface area contributed by atoms with E-state index in [0.717, 1.165) is 16.2 Å². The number of aromatic nitrogens is 1. The van der Waals surface area contributed by atoms with E-state index < -0.39 is 34.4 Å². The van der Waals surface area contributed by atoms with E-state index in [9.17, 15) is 29.6 Å². The molecule has 2 heterocycles. The van der Waals surface area contributed by atoms with Gasteiger partial charge in [0, 0.05) is 17.7 Å². The van der Waals surface area contributed by atoms with Crippen molar-refractivity contribution in [2.24, 2.45) is 0 Å². The molecule has 1 atom stereocenters. The molecule has 1 amide bonds. The molecule has 11 heteroatoms. The zero-order chi connectivity index (χ0) is 24.6. The summed E-state index contributed by atoms with van der Waals surface area (Å²) in [7, 11) is 1.20. The molecule has 172 valence electrons. The number of aliphatic hydroxyl groups excluding tert-OH is 1. The van der Waals surface area contributed by atoms with Gasteiger partial charge < -0.3 is 9.84 Å². The third-order valence-corrected chi connectivity index (χ3v) is 6.39. The van der Waals surface area contributed by atoms with Crippen molar-refractivity contribution in [3.8, 4) is 0 Å². The molecule has 0 aliphatic carbocycles. The van der Waals surface area contributed by atoms with Crippen molar-refractivity contribution in [2.75, 3.05) is 12.0 Å². The predicted octanol–water partition coefficient (Wildman–Crippen LogP) is 3.77. The number of nitro benzene ring substituents is 1. The minimum Gasteiger partial charge on any atom is -0.507 e. The summed E-state index contributed by atoms with van der Waals surface area (Å²) in [5.41, 5.74) is 0.298. The zero-order valence-corrected chi connectivity index (χ0v) is 18.7. The number of esters is 1. The number of hydrogen-bond acceptors (Lipinski definition) is 9. The van der Waals surface area contributed by atoms with Gasteiger partial charge >= 0.3 is 11.9 Å². The van der Waals surface area contributed by atoms with Crippen LogP contribution >= 0.6 is 11.3 Å². The van der Waals surface area contributed by atoms with Gasteiger partial charge in [-0.1, -0.05) is 53.8 Å². The van der Waals surface area contributed by atoms with E-state index in [1.807, 2.05) is 0 Å². The van der Waals surface area contributed by atoms with E-state index >= 15 is 0 Å². The number of carbonyl (C=O) groups excluding carboxylic acids is 3. The Bertz CT molecular complexity index is 1360. The molecule has 0 bridgehead atoms. The summed E-state index contributed by atoms with van der Waals surface area (Å²) in [6.07, 6.45) is 0. The summed E-state index contributed by atoms with van der Waals surface area (Å²) in [6.45, 7) is 1.55. The Labute approximate surface area is 196 Å². The highest BCUT2D eigenvalue weighted by molar-refractivity contribution is 7.17. The normalized spacial score (nSPS) is 17.1. The lowest BCUT2D eigenvalue weighted by Crippen LogP contribution is -2.29. The maximum Gasteiger partial charge on any atom is 0.350 e. The number of aliphatic hydroxyl groups is 1. The molecule has 0 saturated carbocycles. The fourth-order valence-corrected chi connectivity index (χ4v) is 4.68. The summed E-state index contributed by atoms with van der Waals surface area (Å²) in [6, 6.07) is 12.4. The smallest absolute Gasteiger partial charge is 0.350 e. The third-order valence-electron chi connectivity index (χ3n) is 5.25. The maximum absolute atomic E-state index is 13.2. The Balaban J connectivity index is 1.96. The summed E-state index contributed by atoms with van der Waals surface area (Å²) in [4.78, 5) is 54.6. The number of benzene rings is 2. The number of hydrogen-bond donors (Lipinski definition) is 1. The summed E-state index contributed by atoms with van der Waals surface area (Å²) >= 11 is 0.843. The second kappa shape index (κ2) is 8.87. The predicted molar refractivity (Wildman–Crippen MR) is 123 cm³/mol. The van der Waals surface area contributed by atoms with Gasteiger partial charge in [0.2, 0.25) is 0 Å². The molecule has 1 aromatic heterocycles. The second-order valence-corrected chi connectivity index (χ2v) is 8.27. The van der Waals surface area contributed by atoms with Crippen LogP contribution in [0.1, 0.15) is 32.5 Å². The molecule has 1 N–H and O–H groups in total. The molecule has 1 unspecified atom stereocenters. The van der Waals surface area contributed by atoms with Crippen molar-refractivity contribution in [3.05, 3.63) is 92.0 Å². The average Bonchev–Trinajstić information content (AvgIpc) is 3.35. The Kier molecular flexibility index (Phi) is 5.95. The van der Waals surface area contributed by atoms with Crippen LogP contribution in [0, 0.1) is 17.0 Å². The van der Waals surface area contributed by atoms with Crippen LogP contribution in [0.4, 0.5) is 10.8 Å². The van der Waals surface area contributed by atoms with Crippen LogP contribution in [-0.4, -0.2) is 39.8 Å². The molecule has 1 aliphatic rings. The molecule has 1 aliphatic heterocycles. The summed E-state index contributed by atoms with van der Waals surface area (Å²) in [5, 5.41) is 22.4. The Hall–Kier alpha value is -4.38. The van der Waals surface area contributed by atoms with E-state index in [1.54, 1.807) is 37.3 Å². The molecule has 3 aromatic rings.